The van der Waals surface area contributed by atoms with Crippen molar-refractivity contribution in [1.82, 2.24) is 20.2 Å². The molecule has 36 heavy (non-hydrogen) atoms. The van der Waals surface area contributed by atoms with Crippen LogP contribution in [0.3, 0.4) is 0 Å². The molecule has 9 heteroatoms. The van der Waals surface area contributed by atoms with Crippen LogP contribution in [0, 0.1) is 0 Å². The van der Waals surface area contributed by atoms with Crippen LogP contribution in [0.1, 0.15) is 57.7 Å². The molecule has 2 aromatic carbocycles. The number of anilines is 2. The Kier molecular flexibility index (Phi) is 5.40. The van der Waals surface area contributed by atoms with Gasteiger partial charge < -0.3 is 15.3 Å². The number of carbonyl (C=O) groups is 3. The quantitative estimate of drug-likeness (QED) is 0.376. The smallest absolute Gasteiger partial charge is 0.255 e. The third-order valence-electron chi connectivity index (χ3n) is 7.18. The van der Waals surface area contributed by atoms with Crippen molar-refractivity contribution in [3.63, 3.8) is 0 Å². The van der Waals surface area contributed by atoms with Crippen molar-refractivity contribution in [2.75, 3.05) is 5.32 Å². The van der Waals surface area contributed by atoms with Crippen molar-refractivity contribution < 1.29 is 19.5 Å². The molecule has 0 bridgehead atoms. The van der Waals surface area contributed by atoms with Gasteiger partial charge in [-0.3, -0.25) is 19.7 Å². The number of aryl methyl sites for hydroxylation is 2. The SMILES string of the molecule is O=C1CCC(N2Cc3c(ccc(O)c3Nc3ccnc(Cc4ccc5c(c4)CCC5)n3)C2=O)C(=O)N1. The molecule has 0 saturated carbocycles. The van der Waals surface area contributed by atoms with E-state index in [9.17, 15) is 19.5 Å². The average molecular weight is 484 g/mol. The van der Waals surface area contributed by atoms with Crippen LogP contribution in [0.4, 0.5) is 11.5 Å². The number of nitrogens with one attached hydrogen (secondary N) is 2. The van der Waals surface area contributed by atoms with Crippen LogP contribution in [0.5, 0.6) is 5.75 Å². The number of benzene rings is 2. The van der Waals surface area contributed by atoms with Crippen LogP contribution < -0.4 is 10.6 Å². The molecule has 3 aliphatic rings. The maximum atomic E-state index is 13.1. The van der Waals surface area contributed by atoms with Gasteiger partial charge in [-0.2, -0.15) is 0 Å². The Morgan fingerprint density at radius 2 is 1.92 bits per heavy atom. The predicted molar refractivity (Wildman–Crippen MR) is 131 cm³/mol. The van der Waals surface area contributed by atoms with Gasteiger partial charge in [-0.05, 0) is 60.6 Å². The number of piperidine rings is 1. The Morgan fingerprint density at radius 1 is 1.06 bits per heavy atom. The van der Waals surface area contributed by atoms with Gasteiger partial charge in [0.15, 0.2) is 0 Å². The number of imide groups is 1. The molecule has 1 atom stereocenters. The summed E-state index contributed by atoms with van der Waals surface area (Å²) in [7, 11) is 0. The first-order chi connectivity index (χ1) is 17.5. The summed E-state index contributed by atoms with van der Waals surface area (Å²) in [5.74, 6) is 0.00835. The highest BCUT2D eigenvalue weighted by atomic mass is 16.3. The van der Waals surface area contributed by atoms with Gasteiger partial charge in [0.25, 0.3) is 5.91 Å². The van der Waals surface area contributed by atoms with Crippen molar-refractivity contribution >= 4 is 29.2 Å². The summed E-state index contributed by atoms with van der Waals surface area (Å²) in [6, 6.07) is 10.5. The summed E-state index contributed by atoms with van der Waals surface area (Å²) in [5, 5.41) is 16.1. The lowest BCUT2D eigenvalue weighted by atomic mass is 10.0. The van der Waals surface area contributed by atoms with Crippen LogP contribution in [0.2, 0.25) is 0 Å². The van der Waals surface area contributed by atoms with E-state index in [4.69, 9.17) is 0 Å². The molecule has 1 unspecified atom stereocenters. The molecule has 0 radical (unpaired) electrons. The van der Waals surface area contributed by atoms with E-state index in [0.717, 1.165) is 18.4 Å². The van der Waals surface area contributed by atoms with E-state index in [1.54, 1.807) is 18.3 Å². The number of phenols is 1. The Labute approximate surface area is 207 Å². The summed E-state index contributed by atoms with van der Waals surface area (Å²) in [6.45, 7) is 0.143. The number of aromatic nitrogens is 2. The van der Waals surface area contributed by atoms with Gasteiger partial charge in [-0.1, -0.05) is 18.2 Å². The molecule has 182 valence electrons. The number of hydrogen-bond acceptors (Lipinski definition) is 7. The zero-order chi connectivity index (χ0) is 24.8. The fourth-order valence-electron chi connectivity index (χ4n) is 5.37. The summed E-state index contributed by atoms with van der Waals surface area (Å²) in [5.41, 5.74) is 5.34. The average Bonchev–Trinajstić information content (AvgIpc) is 3.45. The number of rotatable bonds is 5. The number of nitrogens with zero attached hydrogens (tertiary/aromatic N) is 3. The lowest BCUT2D eigenvalue weighted by Crippen LogP contribution is -2.52. The molecular formula is C27H25N5O4. The van der Waals surface area contributed by atoms with E-state index in [2.05, 4.69) is 38.8 Å². The van der Waals surface area contributed by atoms with E-state index in [1.807, 2.05) is 0 Å². The van der Waals surface area contributed by atoms with E-state index in [0.29, 0.717) is 34.9 Å². The number of amides is 3. The van der Waals surface area contributed by atoms with Crippen molar-refractivity contribution in [3.05, 3.63) is 76.2 Å². The number of hydrogen-bond donors (Lipinski definition) is 3. The van der Waals surface area contributed by atoms with Crippen LogP contribution in [-0.4, -0.2) is 43.7 Å². The highest BCUT2D eigenvalue weighted by molar-refractivity contribution is 6.06. The van der Waals surface area contributed by atoms with Gasteiger partial charge in [0, 0.05) is 36.7 Å². The van der Waals surface area contributed by atoms with E-state index < -0.39 is 11.9 Å². The first-order valence-electron chi connectivity index (χ1n) is 12.2. The molecular weight excluding hydrogens is 458 g/mol. The molecule has 1 aromatic heterocycles. The highest BCUT2D eigenvalue weighted by Gasteiger charge is 2.40. The van der Waals surface area contributed by atoms with Crippen molar-refractivity contribution in [1.29, 1.82) is 0 Å². The molecule has 1 fully saturated rings. The lowest BCUT2D eigenvalue weighted by Gasteiger charge is -2.29. The predicted octanol–water partition coefficient (Wildman–Crippen LogP) is 2.77. The second-order valence-corrected chi connectivity index (χ2v) is 9.50. The molecule has 1 saturated heterocycles. The Balaban J connectivity index is 1.24. The Morgan fingerprint density at radius 3 is 2.78 bits per heavy atom. The Hall–Kier alpha value is -4.27. The molecule has 3 aromatic rings. The molecule has 1 aliphatic carbocycles. The van der Waals surface area contributed by atoms with E-state index in [-0.39, 0.29) is 37.0 Å². The highest BCUT2D eigenvalue weighted by Crippen LogP contribution is 2.38. The first kappa shape index (κ1) is 22.2. The van der Waals surface area contributed by atoms with Crippen molar-refractivity contribution in [3.8, 4) is 5.75 Å². The van der Waals surface area contributed by atoms with Crippen LogP contribution >= 0.6 is 0 Å². The standard InChI is InChI=1S/C27H25N5O4/c33-21-8-6-18-19(14-32(27(18)36)20-7-9-24(34)31-26(20)35)25(21)30-22-10-11-28-23(29-22)13-15-4-5-16-2-1-3-17(16)12-15/h4-6,8,10-12,20,33H,1-3,7,9,13-14H2,(H,28,29,30)(H,31,34,35). The third-order valence-corrected chi connectivity index (χ3v) is 7.18. The Bertz CT molecular complexity index is 1420. The fraction of sp³-hybridized carbons (Fsp3) is 0.296. The largest absolute Gasteiger partial charge is 0.506 e. The van der Waals surface area contributed by atoms with Gasteiger partial charge in [0.05, 0.1) is 5.69 Å². The normalized spacial score (nSPS) is 18.7. The number of carbonyl (C=O) groups excluding carboxylic acids is 3. The molecule has 3 heterocycles. The number of aromatic hydroxyl groups is 1. The van der Waals surface area contributed by atoms with E-state index >= 15 is 0 Å². The molecule has 0 spiro atoms. The van der Waals surface area contributed by atoms with Gasteiger partial charge in [-0.15, -0.1) is 0 Å². The number of phenolic OH excluding ortho intramolecular Hbond substituents is 1. The van der Waals surface area contributed by atoms with Gasteiger partial charge in [-0.25, -0.2) is 9.97 Å². The van der Waals surface area contributed by atoms with Crippen LogP contribution in [0.25, 0.3) is 0 Å². The maximum absolute atomic E-state index is 13.1. The fourth-order valence-corrected chi connectivity index (χ4v) is 5.37. The molecule has 6 rings (SSSR count). The van der Waals surface area contributed by atoms with Crippen LogP contribution in [0.15, 0.2) is 42.6 Å². The summed E-state index contributed by atoms with van der Waals surface area (Å²) in [4.78, 5) is 47.5. The minimum Gasteiger partial charge on any atom is -0.506 e. The molecule has 2 aliphatic heterocycles. The minimum atomic E-state index is -0.726. The third kappa shape index (κ3) is 3.96. The van der Waals surface area contributed by atoms with Gasteiger partial charge in [0.2, 0.25) is 11.8 Å². The molecule has 9 nitrogen and oxygen atoms in total. The number of fused-ring (bicyclic) bond motifs is 2. The second-order valence-electron chi connectivity index (χ2n) is 9.50. The van der Waals surface area contributed by atoms with Crippen LogP contribution in [-0.2, 0) is 35.4 Å². The maximum Gasteiger partial charge on any atom is 0.255 e. The zero-order valence-corrected chi connectivity index (χ0v) is 19.6. The molecule has 3 amide bonds. The topological polar surface area (TPSA) is 125 Å². The second kappa shape index (κ2) is 8.75. The van der Waals surface area contributed by atoms with Gasteiger partial charge in [0.1, 0.15) is 23.4 Å². The summed E-state index contributed by atoms with van der Waals surface area (Å²) >= 11 is 0. The zero-order valence-electron chi connectivity index (χ0n) is 19.6. The minimum absolute atomic E-state index is 0.0227. The monoisotopic (exact) mass is 483 g/mol. The van der Waals surface area contributed by atoms with E-state index in [1.165, 1.54) is 28.5 Å². The first-order valence-corrected chi connectivity index (χ1v) is 12.2. The van der Waals surface area contributed by atoms with Crippen molar-refractivity contribution in [2.24, 2.45) is 0 Å². The van der Waals surface area contributed by atoms with Crippen molar-refractivity contribution in [2.45, 2.75) is 51.1 Å². The summed E-state index contributed by atoms with van der Waals surface area (Å²) in [6.07, 6.45) is 6.15. The summed E-state index contributed by atoms with van der Waals surface area (Å²) < 4.78 is 0. The lowest BCUT2D eigenvalue weighted by molar-refractivity contribution is -0.136. The van der Waals surface area contributed by atoms with Gasteiger partial charge >= 0.3 is 0 Å². The molecule has 3 N–H and O–H groups in total.